The predicted octanol–water partition coefficient (Wildman–Crippen LogP) is 8.65. The molecule has 2 aliphatic rings. The van der Waals surface area contributed by atoms with Crippen LogP contribution in [0.5, 0.6) is 0 Å². The molecule has 6 atom stereocenters. The quantitative estimate of drug-likeness (QED) is 0.140. The summed E-state index contributed by atoms with van der Waals surface area (Å²) in [7, 11) is 2.12. The van der Waals surface area contributed by atoms with E-state index in [-0.39, 0.29) is 50.3 Å². The van der Waals surface area contributed by atoms with Gasteiger partial charge in [-0.2, -0.15) is 13.2 Å². The van der Waals surface area contributed by atoms with Gasteiger partial charge < -0.3 is 24.8 Å². The Bertz CT molecular complexity index is 2180. The van der Waals surface area contributed by atoms with Crippen LogP contribution in [0.25, 0.3) is 21.9 Å². The molecule has 2 heterocycles. The molecule has 5 aromatic rings. The first-order chi connectivity index (χ1) is 27.4. The van der Waals surface area contributed by atoms with Crippen LogP contribution in [0.1, 0.15) is 72.9 Å². The van der Waals surface area contributed by atoms with E-state index in [0.717, 1.165) is 33.4 Å². The maximum atomic E-state index is 13.1. The lowest BCUT2D eigenvalue weighted by Crippen LogP contribution is -2.50. The second-order valence-corrected chi connectivity index (χ2v) is 15.2. The van der Waals surface area contributed by atoms with Crippen LogP contribution in [-0.2, 0) is 32.2 Å². The largest absolute Gasteiger partial charge is 0.471 e. The van der Waals surface area contributed by atoms with Gasteiger partial charge in [0, 0.05) is 37.2 Å². The van der Waals surface area contributed by atoms with Gasteiger partial charge in [0.05, 0.1) is 18.8 Å². The zero-order valence-electron chi connectivity index (χ0n) is 32.3. The highest BCUT2D eigenvalue weighted by Crippen LogP contribution is 2.42. The van der Waals surface area contributed by atoms with E-state index in [9.17, 15) is 27.9 Å². The van der Waals surface area contributed by atoms with Gasteiger partial charge in [0.2, 0.25) is 5.91 Å². The first kappa shape index (κ1) is 40.1. The SMILES string of the molecule is C[C@@H]1[C@H](CN(C)[C@H](C)c2ccc3ccccc3c2)O[C@H](c2ccc(-c3cccc(CNC(=O)[C@@H]4CCCN4C(=O)C(F)(F)F)c3)cc2)O[C@@H]1c1ccc(CO)cc1. The normalized spacial score (nSPS) is 21.8. The Morgan fingerprint density at radius 3 is 2.30 bits per heavy atom. The summed E-state index contributed by atoms with van der Waals surface area (Å²) in [5.41, 5.74) is 6.51. The summed E-state index contributed by atoms with van der Waals surface area (Å²) in [6, 6.07) is 37.4. The highest BCUT2D eigenvalue weighted by atomic mass is 19.4. The number of nitrogens with zero attached hydrogens (tertiary/aromatic N) is 2. The van der Waals surface area contributed by atoms with Gasteiger partial charge in [-0.3, -0.25) is 14.5 Å². The first-order valence-corrected chi connectivity index (χ1v) is 19.4. The molecule has 2 amide bonds. The maximum Gasteiger partial charge on any atom is 0.471 e. The molecule has 7 rings (SSSR count). The fourth-order valence-corrected chi connectivity index (χ4v) is 7.94. The molecule has 0 aromatic heterocycles. The van der Waals surface area contributed by atoms with Crippen LogP contribution < -0.4 is 5.32 Å². The fraction of sp³-hybridized carbons (Fsp3) is 0.348. The number of ether oxygens (including phenoxy) is 2. The number of rotatable bonds is 11. The minimum absolute atomic E-state index is 0.0110. The molecule has 298 valence electrons. The third-order valence-corrected chi connectivity index (χ3v) is 11.5. The smallest absolute Gasteiger partial charge is 0.392 e. The van der Waals surface area contributed by atoms with Crippen molar-refractivity contribution in [2.45, 2.75) is 76.6 Å². The Morgan fingerprint density at radius 1 is 0.860 bits per heavy atom. The summed E-state index contributed by atoms with van der Waals surface area (Å²) >= 11 is 0. The zero-order valence-corrected chi connectivity index (χ0v) is 32.3. The maximum absolute atomic E-state index is 13.1. The van der Waals surface area contributed by atoms with Crippen LogP contribution in [-0.4, -0.2) is 65.2 Å². The predicted molar refractivity (Wildman–Crippen MR) is 212 cm³/mol. The molecule has 57 heavy (non-hydrogen) atoms. The molecule has 2 fully saturated rings. The van der Waals surface area contributed by atoms with Crippen LogP contribution >= 0.6 is 0 Å². The van der Waals surface area contributed by atoms with Crippen LogP contribution in [0, 0.1) is 5.92 Å². The molecule has 5 aromatic carbocycles. The van der Waals surface area contributed by atoms with E-state index in [2.05, 4.69) is 67.5 Å². The summed E-state index contributed by atoms with van der Waals surface area (Å²) in [6.45, 7) is 5.00. The highest BCUT2D eigenvalue weighted by Gasteiger charge is 2.47. The van der Waals surface area contributed by atoms with Crippen molar-refractivity contribution in [3.05, 3.63) is 143 Å². The Labute approximate surface area is 331 Å². The topological polar surface area (TPSA) is 91.3 Å². The minimum atomic E-state index is -5.02. The van der Waals surface area contributed by atoms with E-state index in [1.54, 1.807) is 0 Å². The van der Waals surface area contributed by atoms with Crippen LogP contribution in [0.15, 0.2) is 115 Å². The van der Waals surface area contributed by atoms with E-state index < -0.39 is 30.3 Å². The van der Waals surface area contributed by atoms with Gasteiger partial charge >= 0.3 is 12.1 Å². The molecule has 0 unspecified atom stereocenters. The van der Waals surface area contributed by atoms with Crippen molar-refractivity contribution in [1.82, 2.24) is 15.1 Å². The van der Waals surface area contributed by atoms with Gasteiger partial charge in [0.25, 0.3) is 0 Å². The van der Waals surface area contributed by atoms with Crippen LogP contribution in [0.3, 0.4) is 0 Å². The standard InChI is InChI=1S/C46H48F3N3O5/c1-29-41(27-51(3)30(2)37-22-19-33-9-4-5-10-39(33)25-37)56-44(57-42(29)35-15-13-31(28-53)14-16-35)36-20-17-34(18-21-36)38-11-6-8-32(24-38)26-50-43(54)40-12-7-23-52(40)45(55)46(47,48)49/h4-6,8-11,13-22,24-25,29-30,40-42,44,53H,7,12,23,26-28H2,1-3H3,(H,50,54)/t29-,30-,40+,41+,42+,44+/m1/s1. The van der Waals surface area contributed by atoms with E-state index in [4.69, 9.17) is 9.47 Å². The summed E-state index contributed by atoms with van der Waals surface area (Å²) < 4.78 is 52.8. The van der Waals surface area contributed by atoms with Crippen molar-refractivity contribution >= 4 is 22.6 Å². The van der Waals surface area contributed by atoms with Crippen molar-refractivity contribution < 1.29 is 37.3 Å². The average molecular weight is 780 g/mol. The Morgan fingerprint density at radius 2 is 1.58 bits per heavy atom. The lowest BCUT2D eigenvalue weighted by molar-refractivity contribution is -0.276. The number of aliphatic hydroxyl groups is 1. The number of nitrogens with one attached hydrogen (secondary N) is 1. The highest BCUT2D eigenvalue weighted by molar-refractivity contribution is 5.90. The molecule has 11 heteroatoms. The van der Waals surface area contributed by atoms with Gasteiger partial charge in [-0.15, -0.1) is 0 Å². The molecular weight excluding hydrogens is 732 g/mol. The van der Waals surface area contributed by atoms with Gasteiger partial charge in [0.1, 0.15) is 6.04 Å². The summed E-state index contributed by atoms with van der Waals surface area (Å²) in [5, 5.41) is 14.8. The molecule has 2 aliphatic heterocycles. The van der Waals surface area contributed by atoms with Gasteiger partial charge in [0.15, 0.2) is 6.29 Å². The fourth-order valence-electron chi connectivity index (χ4n) is 7.94. The average Bonchev–Trinajstić information content (AvgIpc) is 3.73. The third-order valence-electron chi connectivity index (χ3n) is 11.5. The first-order valence-electron chi connectivity index (χ1n) is 19.4. The molecule has 8 nitrogen and oxygen atoms in total. The van der Waals surface area contributed by atoms with Crippen LogP contribution in [0.2, 0.25) is 0 Å². The lowest BCUT2D eigenvalue weighted by atomic mass is 9.89. The van der Waals surface area contributed by atoms with Crippen molar-refractivity contribution in [2.24, 2.45) is 5.92 Å². The Kier molecular flexibility index (Phi) is 12.1. The number of likely N-dealkylation sites (tertiary alicyclic amines) is 1. The monoisotopic (exact) mass is 779 g/mol. The summed E-state index contributed by atoms with van der Waals surface area (Å²) in [4.78, 5) is 27.7. The van der Waals surface area contributed by atoms with E-state index in [0.29, 0.717) is 17.9 Å². The number of halogens is 3. The second-order valence-electron chi connectivity index (χ2n) is 15.2. The lowest BCUT2D eigenvalue weighted by Gasteiger charge is -2.43. The van der Waals surface area contributed by atoms with Crippen molar-refractivity contribution in [3.8, 4) is 11.1 Å². The molecule has 2 saturated heterocycles. The number of alkyl halides is 3. The number of carbonyl (C=O) groups excluding carboxylic acids is 2. The number of aliphatic hydroxyl groups excluding tert-OH is 1. The Hall–Kier alpha value is -5.07. The van der Waals surface area contributed by atoms with Gasteiger partial charge in [-0.25, -0.2) is 0 Å². The molecule has 0 aliphatic carbocycles. The zero-order chi connectivity index (χ0) is 40.3. The summed E-state index contributed by atoms with van der Waals surface area (Å²) in [5.74, 6) is -2.57. The van der Waals surface area contributed by atoms with Crippen LogP contribution in [0.4, 0.5) is 13.2 Å². The number of hydrogen-bond acceptors (Lipinski definition) is 6. The number of carbonyl (C=O) groups is 2. The van der Waals surface area contributed by atoms with Gasteiger partial charge in [-0.1, -0.05) is 110 Å². The molecular formula is C46H48F3N3O5. The number of hydrogen-bond donors (Lipinski definition) is 2. The minimum Gasteiger partial charge on any atom is -0.392 e. The Balaban J connectivity index is 1.06. The molecule has 0 saturated carbocycles. The van der Waals surface area contributed by atoms with E-state index >= 15 is 0 Å². The van der Waals surface area contributed by atoms with E-state index in [1.165, 1.54) is 16.3 Å². The third kappa shape index (κ3) is 9.07. The van der Waals surface area contributed by atoms with E-state index in [1.807, 2.05) is 78.9 Å². The van der Waals surface area contributed by atoms with Crippen molar-refractivity contribution in [3.63, 3.8) is 0 Å². The molecule has 0 spiro atoms. The van der Waals surface area contributed by atoms with Gasteiger partial charge in [-0.05, 0) is 83.1 Å². The van der Waals surface area contributed by atoms with Crippen molar-refractivity contribution in [2.75, 3.05) is 20.1 Å². The van der Waals surface area contributed by atoms with Crippen molar-refractivity contribution in [1.29, 1.82) is 0 Å². The molecule has 0 bridgehead atoms. The second kappa shape index (κ2) is 17.2. The number of likely N-dealkylation sites (N-methyl/N-ethyl adjacent to an activating group) is 1. The molecule has 2 N–H and O–H groups in total. The number of fused-ring (bicyclic) bond motifs is 1. The molecule has 0 radical (unpaired) electrons. The number of amides is 2. The number of benzene rings is 5. The summed E-state index contributed by atoms with van der Waals surface area (Å²) in [6.07, 6.45) is -5.58.